The molecule has 10 heteroatoms. The fourth-order valence-corrected chi connectivity index (χ4v) is 3.87. The molecular weight excluding hydrogens is 442 g/mol. The molecule has 2 N–H and O–H groups in total. The molecule has 33 heavy (non-hydrogen) atoms. The van der Waals surface area contributed by atoms with Crippen LogP contribution in [-0.4, -0.2) is 36.5 Å². The van der Waals surface area contributed by atoms with E-state index in [0.29, 0.717) is 22.2 Å². The first kappa shape index (κ1) is 22.0. The first-order valence-corrected chi connectivity index (χ1v) is 10.9. The van der Waals surface area contributed by atoms with Crippen molar-refractivity contribution in [2.24, 2.45) is 0 Å². The highest BCUT2D eigenvalue weighted by molar-refractivity contribution is 7.99. The third kappa shape index (κ3) is 5.01. The largest absolute Gasteiger partial charge is 0.507 e. The van der Waals surface area contributed by atoms with Crippen LogP contribution in [0.25, 0.3) is 17.1 Å². The number of hydrogen-bond acceptors (Lipinski definition) is 7. The third-order valence-electron chi connectivity index (χ3n) is 4.76. The van der Waals surface area contributed by atoms with Gasteiger partial charge in [-0.1, -0.05) is 41.6 Å². The van der Waals surface area contributed by atoms with Crippen molar-refractivity contribution in [3.8, 4) is 22.8 Å². The monoisotopic (exact) mass is 461 g/mol. The molecule has 3 aromatic carbocycles. The molecule has 0 bridgehead atoms. The van der Waals surface area contributed by atoms with Crippen molar-refractivity contribution in [3.63, 3.8) is 0 Å². The number of aromatic nitrogens is 3. The van der Waals surface area contributed by atoms with Gasteiger partial charge in [0.2, 0.25) is 5.91 Å². The molecule has 4 rings (SSSR count). The number of carbonyl (C=O) groups is 1. The number of amides is 1. The molecular formula is C23H19N5O4S. The van der Waals surface area contributed by atoms with Crippen molar-refractivity contribution >= 4 is 29.0 Å². The SMILES string of the molecule is Cc1ccc(-n2c(SCC(=O)Nc3ccc([N+](=O)[O-])cc3)nnc2-c2ccccc2O)cc1. The number of carbonyl (C=O) groups excluding carboxylic acids is 1. The third-order valence-corrected chi connectivity index (χ3v) is 5.69. The van der Waals surface area contributed by atoms with Gasteiger partial charge in [0.05, 0.1) is 16.2 Å². The number of phenols is 1. The summed E-state index contributed by atoms with van der Waals surface area (Å²) in [5.41, 5.74) is 2.81. The predicted molar refractivity (Wildman–Crippen MR) is 126 cm³/mol. The number of hydrogen-bond donors (Lipinski definition) is 2. The van der Waals surface area contributed by atoms with Crippen LogP contribution in [-0.2, 0) is 4.79 Å². The van der Waals surface area contributed by atoms with Gasteiger partial charge in [0.25, 0.3) is 5.69 Å². The van der Waals surface area contributed by atoms with Crippen molar-refractivity contribution in [3.05, 3.63) is 88.5 Å². The zero-order chi connectivity index (χ0) is 23.4. The van der Waals surface area contributed by atoms with Crippen molar-refractivity contribution in [2.45, 2.75) is 12.1 Å². The van der Waals surface area contributed by atoms with Crippen LogP contribution in [0.4, 0.5) is 11.4 Å². The quantitative estimate of drug-likeness (QED) is 0.234. The summed E-state index contributed by atoms with van der Waals surface area (Å²) in [6, 6.07) is 20.2. The van der Waals surface area contributed by atoms with Crippen molar-refractivity contribution < 1.29 is 14.8 Å². The molecule has 0 aliphatic heterocycles. The lowest BCUT2D eigenvalue weighted by atomic mass is 10.1. The lowest BCUT2D eigenvalue weighted by molar-refractivity contribution is -0.384. The van der Waals surface area contributed by atoms with Gasteiger partial charge in [0.15, 0.2) is 11.0 Å². The van der Waals surface area contributed by atoms with Gasteiger partial charge in [-0.25, -0.2) is 0 Å². The van der Waals surface area contributed by atoms with Crippen LogP contribution in [0.15, 0.2) is 78.0 Å². The molecule has 0 aliphatic carbocycles. The van der Waals surface area contributed by atoms with Crippen molar-refractivity contribution in [1.82, 2.24) is 14.8 Å². The van der Waals surface area contributed by atoms with E-state index in [9.17, 15) is 20.0 Å². The fraction of sp³-hybridized carbons (Fsp3) is 0.0870. The number of non-ortho nitro benzene ring substituents is 1. The van der Waals surface area contributed by atoms with E-state index in [1.165, 1.54) is 36.0 Å². The van der Waals surface area contributed by atoms with E-state index in [0.717, 1.165) is 11.3 Å². The minimum absolute atomic E-state index is 0.0434. The molecule has 1 aromatic heterocycles. The van der Waals surface area contributed by atoms with Gasteiger partial charge in [-0.2, -0.15) is 0 Å². The minimum Gasteiger partial charge on any atom is -0.507 e. The predicted octanol–water partition coefficient (Wildman–Crippen LogP) is 4.59. The van der Waals surface area contributed by atoms with Crippen LogP contribution in [0.3, 0.4) is 0 Å². The fourth-order valence-electron chi connectivity index (χ4n) is 3.12. The standard InChI is InChI=1S/C23H19N5O4S/c1-15-6-10-17(11-7-15)27-22(19-4-2-3-5-20(19)29)25-26-23(27)33-14-21(30)24-16-8-12-18(13-9-16)28(31)32/h2-13,29H,14H2,1H3,(H,24,30). The van der Waals surface area contributed by atoms with E-state index in [4.69, 9.17) is 0 Å². The first-order valence-electron chi connectivity index (χ1n) is 9.90. The van der Waals surface area contributed by atoms with Crippen LogP contribution < -0.4 is 5.32 Å². The summed E-state index contributed by atoms with van der Waals surface area (Å²) in [7, 11) is 0. The maximum atomic E-state index is 12.5. The number of nitrogens with one attached hydrogen (secondary N) is 1. The van der Waals surface area contributed by atoms with Gasteiger partial charge in [-0.15, -0.1) is 10.2 Å². The van der Waals surface area contributed by atoms with E-state index < -0.39 is 4.92 Å². The Morgan fingerprint density at radius 3 is 2.42 bits per heavy atom. The molecule has 0 saturated heterocycles. The number of aryl methyl sites for hydroxylation is 1. The number of benzene rings is 3. The molecule has 9 nitrogen and oxygen atoms in total. The Bertz CT molecular complexity index is 1300. The Kier molecular flexibility index (Phi) is 6.36. The molecule has 0 radical (unpaired) electrons. The maximum Gasteiger partial charge on any atom is 0.269 e. The Balaban J connectivity index is 1.57. The molecule has 0 atom stereocenters. The molecule has 0 aliphatic rings. The first-order chi connectivity index (χ1) is 15.9. The maximum absolute atomic E-state index is 12.5. The highest BCUT2D eigenvalue weighted by atomic mass is 32.2. The number of nitro benzene ring substituents is 1. The Labute approximate surface area is 193 Å². The van der Waals surface area contributed by atoms with Gasteiger partial charge in [-0.3, -0.25) is 19.5 Å². The zero-order valence-electron chi connectivity index (χ0n) is 17.5. The summed E-state index contributed by atoms with van der Waals surface area (Å²) in [5.74, 6) is 0.277. The van der Waals surface area contributed by atoms with E-state index in [2.05, 4.69) is 15.5 Å². The second kappa shape index (κ2) is 9.53. The Morgan fingerprint density at radius 2 is 1.76 bits per heavy atom. The van der Waals surface area contributed by atoms with E-state index in [1.807, 2.05) is 31.2 Å². The molecule has 1 heterocycles. The van der Waals surface area contributed by atoms with Crippen LogP contribution in [0.1, 0.15) is 5.56 Å². The number of thioether (sulfide) groups is 1. The van der Waals surface area contributed by atoms with Gasteiger partial charge in [-0.05, 0) is 43.3 Å². The molecule has 0 fully saturated rings. The summed E-state index contributed by atoms with van der Waals surface area (Å²) >= 11 is 1.19. The van der Waals surface area contributed by atoms with Gasteiger partial charge >= 0.3 is 0 Å². The number of rotatable bonds is 7. The minimum atomic E-state index is -0.499. The smallest absolute Gasteiger partial charge is 0.269 e. The van der Waals surface area contributed by atoms with Crippen LogP contribution in [0.5, 0.6) is 5.75 Å². The van der Waals surface area contributed by atoms with Gasteiger partial charge in [0.1, 0.15) is 5.75 Å². The molecule has 1 amide bonds. The van der Waals surface area contributed by atoms with E-state index in [-0.39, 0.29) is 23.1 Å². The average Bonchev–Trinajstić information content (AvgIpc) is 3.22. The number of nitro groups is 1. The average molecular weight is 462 g/mol. The van der Waals surface area contributed by atoms with Crippen molar-refractivity contribution in [1.29, 1.82) is 0 Å². The highest BCUT2D eigenvalue weighted by Crippen LogP contribution is 2.32. The molecule has 0 unspecified atom stereocenters. The topological polar surface area (TPSA) is 123 Å². The van der Waals surface area contributed by atoms with Crippen LogP contribution >= 0.6 is 11.8 Å². The Hall–Kier alpha value is -4.18. The second-order valence-electron chi connectivity index (χ2n) is 7.14. The normalized spacial score (nSPS) is 10.7. The summed E-state index contributed by atoms with van der Waals surface area (Å²) in [6.45, 7) is 1.98. The van der Waals surface area contributed by atoms with Crippen molar-refractivity contribution in [2.75, 3.05) is 11.1 Å². The molecule has 166 valence electrons. The van der Waals surface area contributed by atoms with Gasteiger partial charge < -0.3 is 10.4 Å². The molecule has 0 spiro atoms. The number of phenolic OH excluding ortho intramolecular Hbond substituents is 1. The summed E-state index contributed by atoms with van der Waals surface area (Å²) in [4.78, 5) is 22.7. The second-order valence-corrected chi connectivity index (χ2v) is 8.08. The molecule has 4 aromatic rings. The lowest BCUT2D eigenvalue weighted by Crippen LogP contribution is -2.14. The van der Waals surface area contributed by atoms with Gasteiger partial charge in [0, 0.05) is 23.5 Å². The van der Waals surface area contributed by atoms with E-state index in [1.54, 1.807) is 28.8 Å². The number of para-hydroxylation sites is 1. The number of aromatic hydroxyl groups is 1. The lowest BCUT2D eigenvalue weighted by Gasteiger charge is -2.11. The number of anilines is 1. The van der Waals surface area contributed by atoms with E-state index >= 15 is 0 Å². The zero-order valence-corrected chi connectivity index (χ0v) is 18.3. The summed E-state index contributed by atoms with van der Waals surface area (Å²) in [5, 5.41) is 32.8. The van der Waals surface area contributed by atoms with Crippen LogP contribution in [0, 0.1) is 17.0 Å². The Morgan fingerprint density at radius 1 is 1.06 bits per heavy atom. The number of nitrogens with zero attached hydrogens (tertiary/aromatic N) is 4. The summed E-state index contributed by atoms with van der Waals surface area (Å²) < 4.78 is 1.79. The van der Waals surface area contributed by atoms with Crippen LogP contribution in [0.2, 0.25) is 0 Å². The molecule has 0 saturated carbocycles. The summed E-state index contributed by atoms with van der Waals surface area (Å²) in [6.07, 6.45) is 0. The highest BCUT2D eigenvalue weighted by Gasteiger charge is 2.19.